The third-order valence-corrected chi connectivity index (χ3v) is 9.96. The maximum atomic E-state index is 8.21. The van der Waals surface area contributed by atoms with E-state index in [4.69, 9.17) is 13.8 Å². The lowest BCUT2D eigenvalue weighted by Gasteiger charge is -2.25. The van der Waals surface area contributed by atoms with Crippen LogP contribution in [0.4, 0.5) is 17.1 Å². The van der Waals surface area contributed by atoms with Gasteiger partial charge in [-0.3, -0.25) is 4.57 Å². The van der Waals surface area contributed by atoms with Crippen LogP contribution >= 0.6 is 0 Å². The maximum Gasteiger partial charge on any atom is 0.139 e. The largest absolute Gasteiger partial charge is 0.457 e. The number of rotatable bonds is 4. The highest BCUT2D eigenvalue weighted by Gasteiger charge is 2.26. The minimum absolute atomic E-state index is 0.182. The van der Waals surface area contributed by atoms with E-state index in [2.05, 4.69) is 122 Å². The average molecular weight is 645 g/mol. The summed E-state index contributed by atoms with van der Waals surface area (Å²) in [4.78, 5) is 8.58. The molecule has 9 rings (SSSR count). The van der Waals surface area contributed by atoms with Gasteiger partial charge in [-0.2, -0.15) is 0 Å². The highest BCUT2D eigenvalue weighted by atomic mass is 16.5. The normalized spacial score (nSPS) is 14.5. The smallest absolute Gasteiger partial charge is 0.139 e. The number of benzene rings is 5. The number of nitrogens with zero attached hydrogens (tertiary/aromatic N) is 5. The Kier molecular flexibility index (Phi) is 5.69. The fraction of sp³-hybridized carbons (Fsp3) is 0.186. The van der Waals surface area contributed by atoms with Crippen LogP contribution in [-0.2, 0) is 12.5 Å². The average Bonchev–Trinajstić information content (AvgIpc) is 3.75. The Bertz CT molecular complexity index is 2720. The fourth-order valence-electron chi connectivity index (χ4n) is 7.38. The summed E-state index contributed by atoms with van der Waals surface area (Å²) < 4.78 is 35.9. The number of aromatic nitrogens is 3. The summed E-state index contributed by atoms with van der Waals surface area (Å²) in [5, 5.41) is 4.57. The van der Waals surface area contributed by atoms with Crippen molar-refractivity contribution in [2.24, 2.45) is 7.05 Å². The van der Waals surface area contributed by atoms with Crippen molar-refractivity contribution >= 4 is 60.7 Å². The second-order valence-electron chi connectivity index (χ2n) is 14.2. The first kappa shape index (κ1) is 26.2. The highest BCUT2D eigenvalue weighted by Crippen LogP contribution is 2.43. The summed E-state index contributed by atoms with van der Waals surface area (Å²) in [5.41, 5.74) is 8.92. The topological polar surface area (TPSA) is 38.5 Å². The molecule has 5 aromatic carbocycles. The summed E-state index contributed by atoms with van der Waals surface area (Å²) >= 11 is 0. The molecule has 8 aromatic rings. The third-order valence-electron chi connectivity index (χ3n) is 9.96. The van der Waals surface area contributed by atoms with Crippen LogP contribution in [0.15, 0.2) is 115 Å². The van der Waals surface area contributed by atoms with Crippen LogP contribution in [-0.4, -0.2) is 27.8 Å². The van der Waals surface area contributed by atoms with Crippen LogP contribution in [0.25, 0.3) is 49.4 Å². The zero-order valence-corrected chi connectivity index (χ0v) is 28.3. The molecular weight excluding hydrogens is 603 g/mol. The number of pyridine rings is 1. The van der Waals surface area contributed by atoms with Gasteiger partial charge in [-0.25, -0.2) is 4.98 Å². The molecule has 0 saturated carbocycles. The van der Waals surface area contributed by atoms with Crippen molar-refractivity contribution < 1.29 is 8.85 Å². The van der Waals surface area contributed by atoms with E-state index in [1.807, 2.05) is 42.6 Å². The van der Waals surface area contributed by atoms with Crippen LogP contribution < -0.4 is 14.5 Å². The van der Waals surface area contributed by atoms with Gasteiger partial charge in [0.1, 0.15) is 17.3 Å². The summed E-state index contributed by atoms with van der Waals surface area (Å²) in [6, 6.07) is 37.3. The number of fused-ring (bicyclic) bond motifs is 7. The Labute approximate surface area is 290 Å². The molecule has 0 amide bonds. The van der Waals surface area contributed by atoms with Crippen molar-refractivity contribution in [3.63, 3.8) is 0 Å². The van der Waals surface area contributed by atoms with Gasteiger partial charge in [-0.1, -0.05) is 63.2 Å². The van der Waals surface area contributed by atoms with Crippen molar-refractivity contribution in [3.8, 4) is 17.3 Å². The van der Waals surface area contributed by atoms with Gasteiger partial charge in [0.15, 0.2) is 0 Å². The molecule has 0 bridgehead atoms. The van der Waals surface area contributed by atoms with Gasteiger partial charge < -0.3 is 19.1 Å². The molecule has 1 aliphatic heterocycles. The minimum Gasteiger partial charge on any atom is -0.457 e. The van der Waals surface area contributed by atoms with Crippen LogP contribution in [0, 0.1) is 6.92 Å². The van der Waals surface area contributed by atoms with E-state index in [1.54, 1.807) is 0 Å². The summed E-state index contributed by atoms with van der Waals surface area (Å²) in [6.45, 7) is 6.59. The number of hydrogen-bond acceptors (Lipinski definition) is 4. The first-order valence-corrected chi connectivity index (χ1v) is 16.7. The summed E-state index contributed by atoms with van der Waals surface area (Å²) in [6.07, 6.45) is 1.99. The second-order valence-corrected chi connectivity index (χ2v) is 14.2. The molecule has 0 atom stereocenters. The van der Waals surface area contributed by atoms with Crippen molar-refractivity contribution in [2.75, 3.05) is 23.4 Å². The zero-order chi connectivity index (χ0) is 36.1. The molecule has 0 unspecified atom stereocenters. The van der Waals surface area contributed by atoms with Crippen molar-refractivity contribution in [3.05, 3.63) is 127 Å². The number of hydrogen-bond donors (Lipinski definition) is 0. The van der Waals surface area contributed by atoms with Crippen LogP contribution in [0.1, 0.15) is 36.0 Å². The van der Waals surface area contributed by atoms with Gasteiger partial charge in [0.2, 0.25) is 0 Å². The van der Waals surface area contributed by atoms with E-state index >= 15 is 0 Å². The maximum absolute atomic E-state index is 8.21. The molecule has 0 saturated heterocycles. The number of para-hydroxylation sites is 3. The molecule has 0 N–H and O–H groups in total. The van der Waals surface area contributed by atoms with E-state index < -0.39 is 6.98 Å². The van der Waals surface area contributed by atoms with Gasteiger partial charge in [0, 0.05) is 75.3 Å². The summed E-state index contributed by atoms with van der Waals surface area (Å²) in [7, 11) is 2.12. The highest BCUT2D eigenvalue weighted by molar-refractivity contribution is 6.11. The predicted octanol–water partition coefficient (Wildman–Crippen LogP) is 10.8. The molecule has 1 aliphatic rings. The number of aryl methyl sites for hydroxylation is 2. The van der Waals surface area contributed by atoms with Crippen molar-refractivity contribution in [2.45, 2.75) is 33.1 Å². The molecular formula is C43H39N5O. The molecule has 242 valence electrons. The second kappa shape index (κ2) is 10.6. The zero-order valence-electron chi connectivity index (χ0n) is 31.3. The fourth-order valence-corrected chi connectivity index (χ4v) is 7.38. The van der Waals surface area contributed by atoms with Crippen molar-refractivity contribution in [1.29, 1.82) is 0 Å². The number of ether oxygens (including phenoxy) is 1. The Balaban J connectivity index is 1.17. The SMILES string of the molecule is [2H]C([2H])([2H])N1CN(c2cc(Oc3ccc4c5ccccc5n(-c5cc6c(cn5)c5ccc(C)cc5n6C)c4c3)cc(C(C)(C)C)c2)c2ccccc21. The standard InChI is InChI=1S/C43H39N5O/c1-27-15-17-34-35-25-44-42(24-40(35)46(6)39(34)19-27)48-36-12-8-7-11-32(36)33-18-16-30(23-41(33)48)49-31-21-28(43(2,3)4)20-29(22-31)47-26-45(5)37-13-9-10-14-38(37)47/h7-25H,26H2,1-6H3/i5D3. The minimum atomic E-state index is -2.27. The molecule has 4 heterocycles. The Hall–Kier alpha value is -5.75. The van der Waals surface area contributed by atoms with Gasteiger partial charge in [-0.15, -0.1) is 0 Å². The lowest BCUT2D eigenvalue weighted by Crippen LogP contribution is -2.24. The molecule has 0 spiro atoms. The molecule has 6 heteroatoms. The first-order valence-electron chi connectivity index (χ1n) is 18.2. The number of anilines is 3. The molecule has 0 radical (unpaired) electrons. The monoisotopic (exact) mass is 644 g/mol. The van der Waals surface area contributed by atoms with E-state index in [-0.39, 0.29) is 12.1 Å². The Morgan fingerprint density at radius 1 is 0.694 bits per heavy atom. The lowest BCUT2D eigenvalue weighted by molar-refractivity contribution is 0.479. The molecule has 6 nitrogen and oxygen atoms in total. The van der Waals surface area contributed by atoms with E-state index in [0.717, 1.165) is 55.5 Å². The Morgan fingerprint density at radius 2 is 1.43 bits per heavy atom. The van der Waals surface area contributed by atoms with Gasteiger partial charge in [-0.05, 0) is 72.0 Å². The van der Waals surface area contributed by atoms with Crippen LogP contribution in [0.3, 0.4) is 0 Å². The molecule has 49 heavy (non-hydrogen) atoms. The van der Waals surface area contributed by atoms with E-state index in [9.17, 15) is 0 Å². The first-order chi connectivity index (χ1) is 24.8. The third kappa shape index (κ3) is 4.66. The molecule has 3 aromatic heterocycles. The quantitative estimate of drug-likeness (QED) is 0.191. The lowest BCUT2D eigenvalue weighted by atomic mass is 9.86. The van der Waals surface area contributed by atoms with E-state index in [1.165, 1.54) is 21.4 Å². The van der Waals surface area contributed by atoms with Crippen LogP contribution in [0.5, 0.6) is 11.5 Å². The van der Waals surface area contributed by atoms with Gasteiger partial charge in [0.05, 0.1) is 34.6 Å². The van der Waals surface area contributed by atoms with E-state index in [0.29, 0.717) is 17.2 Å². The summed E-state index contributed by atoms with van der Waals surface area (Å²) in [5.74, 6) is 2.21. The van der Waals surface area contributed by atoms with Gasteiger partial charge >= 0.3 is 0 Å². The molecule has 0 aliphatic carbocycles. The van der Waals surface area contributed by atoms with Gasteiger partial charge in [0.25, 0.3) is 0 Å². The molecule has 0 fully saturated rings. The Morgan fingerprint density at radius 3 is 2.27 bits per heavy atom. The predicted molar refractivity (Wildman–Crippen MR) is 204 cm³/mol. The van der Waals surface area contributed by atoms with Crippen LogP contribution in [0.2, 0.25) is 0 Å². The van der Waals surface area contributed by atoms with Crippen molar-refractivity contribution in [1.82, 2.24) is 14.1 Å².